The molecule has 5 rings (SSSR count). The van der Waals surface area contributed by atoms with E-state index in [0.29, 0.717) is 35.9 Å². The van der Waals surface area contributed by atoms with Crippen LogP contribution in [0.4, 0.5) is 0 Å². The van der Waals surface area contributed by atoms with Crippen molar-refractivity contribution in [2.45, 2.75) is 32.9 Å². The first-order valence-electron chi connectivity index (χ1n) is 12.5. The van der Waals surface area contributed by atoms with Crippen LogP contribution < -0.4 is 0 Å². The van der Waals surface area contributed by atoms with Gasteiger partial charge in [-0.2, -0.15) is 0 Å². The van der Waals surface area contributed by atoms with Gasteiger partial charge in [0.2, 0.25) is 0 Å². The van der Waals surface area contributed by atoms with Crippen LogP contribution in [0.25, 0.3) is 22.5 Å². The van der Waals surface area contributed by atoms with Gasteiger partial charge < -0.3 is 14.4 Å². The highest BCUT2D eigenvalue weighted by molar-refractivity contribution is 5.74. The second-order valence-corrected chi connectivity index (χ2v) is 9.00. The van der Waals surface area contributed by atoms with E-state index in [0.717, 1.165) is 27.8 Å². The van der Waals surface area contributed by atoms with Crippen LogP contribution in [0.2, 0.25) is 0 Å². The van der Waals surface area contributed by atoms with E-state index < -0.39 is 6.10 Å². The van der Waals surface area contributed by atoms with Gasteiger partial charge in [-0.1, -0.05) is 89.2 Å². The third-order valence-electron chi connectivity index (χ3n) is 6.29. The number of esters is 1. The molecule has 1 N–H and O–H groups in total. The molecule has 8 heteroatoms. The molecule has 0 aliphatic carbocycles. The zero-order valence-electron chi connectivity index (χ0n) is 21.2. The van der Waals surface area contributed by atoms with Crippen LogP contribution in [0.5, 0.6) is 0 Å². The SMILES string of the molecule is CCOC(=O)Cc1ccc(-c2ccc(-c3onc(C)c3C(O)c3cn(Cc4ccccc4)nn3)cc2)cc1. The molecule has 0 radical (unpaired) electrons. The summed E-state index contributed by atoms with van der Waals surface area (Å²) in [5, 5.41) is 23.7. The Morgan fingerprint density at radius 3 is 2.29 bits per heavy atom. The molecule has 0 saturated carbocycles. The molecule has 1 atom stereocenters. The van der Waals surface area contributed by atoms with E-state index in [4.69, 9.17) is 9.26 Å². The predicted octanol–water partition coefficient (Wildman–Crippen LogP) is 5.14. The monoisotopic (exact) mass is 508 g/mol. The molecule has 2 aromatic heterocycles. The van der Waals surface area contributed by atoms with Crippen molar-refractivity contribution in [1.29, 1.82) is 0 Å². The van der Waals surface area contributed by atoms with Gasteiger partial charge in [-0.25, -0.2) is 4.68 Å². The number of nitrogens with zero attached hydrogens (tertiary/aromatic N) is 4. The minimum absolute atomic E-state index is 0.233. The fourth-order valence-corrected chi connectivity index (χ4v) is 4.35. The van der Waals surface area contributed by atoms with Gasteiger partial charge in [-0.15, -0.1) is 5.10 Å². The van der Waals surface area contributed by atoms with Crippen molar-refractivity contribution in [3.8, 4) is 22.5 Å². The topological polar surface area (TPSA) is 103 Å². The van der Waals surface area contributed by atoms with Crippen LogP contribution in [0.15, 0.2) is 89.6 Å². The lowest BCUT2D eigenvalue weighted by atomic mass is 9.98. The molecule has 0 aliphatic rings. The molecule has 1 unspecified atom stereocenters. The number of aromatic nitrogens is 4. The van der Waals surface area contributed by atoms with Crippen molar-refractivity contribution in [3.63, 3.8) is 0 Å². The van der Waals surface area contributed by atoms with Crippen molar-refractivity contribution >= 4 is 5.97 Å². The number of aliphatic hydroxyl groups is 1. The molecule has 0 amide bonds. The predicted molar refractivity (Wildman–Crippen MR) is 142 cm³/mol. The molecular weight excluding hydrogens is 480 g/mol. The van der Waals surface area contributed by atoms with Crippen LogP contribution in [0.3, 0.4) is 0 Å². The Bertz CT molecular complexity index is 1510. The van der Waals surface area contributed by atoms with Gasteiger partial charge in [0.05, 0.1) is 37.0 Å². The Balaban J connectivity index is 1.33. The van der Waals surface area contributed by atoms with E-state index in [2.05, 4.69) is 15.5 Å². The third-order valence-corrected chi connectivity index (χ3v) is 6.29. The Labute approximate surface area is 220 Å². The lowest BCUT2D eigenvalue weighted by Gasteiger charge is -2.09. The van der Waals surface area contributed by atoms with Crippen LogP contribution in [0, 0.1) is 6.92 Å². The van der Waals surface area contributed by atoms with Crippen LogP contribution in [-0.4, -0.2) is 37.8 Å². The lowest BCUT2D eigenvalue weighted by Crippen LogP contribution is -2.07. The average Bonchev–Trinajstić information content (AvgIpc) is 3.56. The fourth-order valence-electron chi connectivity index (χ4n) is 4.35. The van der Waals surface area contributed by atoms with Crippen LogP contribution in [-0.2, 0) is 22.5 Å². The largest absolute Gasteiger partial charge is 0.466 e. The van der Waals surface area contributed by atoms with Crippen molar-refractivity contribution in [1.82, 2.24) is 20.2 Å². The zero-order valence-corrected chi connectivity index (χ0v) is 21.2. The summed E-state index contributed by atoms with van der Waals surface area (Å²) in [6.07, 6.45) is 0.957. The van der Waals surface area contributed by atoms with Crippen molar-refractivity contribution < 1.29 is 19.2 Å². The summed E-state index contributed by atoms with van der Waals surface area (Å²) in [5.74, 6) is 0.257. The number of carbonyl (C=O) groups is 1. The highest BCUT2D eigenvalue weighted by atomic mass is 16.5. The van der Waals surface area contributed by atoms with Gasteiger partial charge in [-0.05, 0) is 36.1 Å². The maximum atomic E-state index is 11.7. The molecule has 0 fully saturated rings. The number of rotatable bonds is 9. The Kier molecular flexibility index (Phi) is 7.42. The number of benzene rings is 3. The van der Waals surface area contributed by atoms with Gasteiger partial charge >= 0.3 is 5.97 Å². The second kappa shape index (κ2) is 11.2. The van der Waals surface area contributed by atoms with E-state index in [9.17, 15) is 9.90 Å². The standard InChI is InChI=1S/C30H28N4O4/c1-3-37-27(35)17-21-9-11-23(12-10-21)24-13-15-25(16-14-24)30-28(20(2)32-38-30)29(36)26-19-34(33-31-26)18-22-7-5-4-6-8-22/h4-16,19,29,36H,3,17-18H2,1-2H3. The Morgan fingerprint density at radius 1 is 0.947 bits per heavy atom. The minimum atomic E-state index is -1.03. The summed E-state index contributed by atoms with van der Waals surface area (Å²) >= 11 is 0. The molecule has 8 nitrogen and oxygen atoms in total. The number of hydrogen-bond acceptors (Lipinski definition) is 7. The molecular formula is C30H28N4O4. The van der Waals surface area contributed by atoms with E-state index >= 15 is 0 Å². The van der Waals surface area contributed by atoms with E-state index in [1.54, 1.807) is 24.7 Å². The smallest absolute Gasteiger partial charge is 0.310 e. The maximum Gasteiger partial charge on any atom is 0.310 e. The van der Waals surface area contributed by atoms with Crippen molar-refractivity contribution in [2.75, 3.05) is 6.61 Å². The first-order valence-corrected chi connectivity index (χ1v) is 12.5. The highest BCUT2D eigenvalue weighted by Gasteiger charge is 2.25. The first-order chi connectivity index (χ1) is 18.5. The zero-order chi connectivity index (χ0) is 26.5. The molecule has 3 aromatic carbocycles. The summed E-state index contributed by atoms with van der Waals surface area (Å²) in [6.45, 7) is 4.53. The van der Waals surface area contributed by atoms with E-state index in [1.165, 1.54) is 0 Å². The van der Waals surface area contributed by atoms with Crippen molar-refractivity contribution in [3.05, 3.63) is 113 Å². The number of hydrogen-bond donors (Lipinski definition) is 1. The molecule has 38 heavy (non-hydrogen) atoms. The third kappa shape index (κ3) is 5.55. The highest BCUT2D eigenvalue weighted by Crippen LogP contribution is 2.34. The van der Waals surface area contributed by atoms with E-state index in [-0.39, 0.29) is 12.4 Å². The summed E-state index contributed by atoms with van der Waals surface area (Å²) in [4.78, 5) is 11.7. The van der Waals surface area contributed by atoms with Gasteiger partial charge in [0.25, 0.3) is 0 Å². The Hall–Kier alpha value is -4.56. The molecule has 0 bridgehead atoms. The number of ether oxygens (including phenoxy) is 1. The van der Waals surface area contributed by atoms with Crippen LogP contribution in [0.1, 0.15) is 41.1 Å². The first kappa shape index (κ1) is 25.1. The summed E-state index contributed by atoms with van der Waals surface area (Å²) in [5.41, 5.74) is 6.40. The maximum absolute atomic E-state index is 11.7. The lowest BCUT2D eigenvalue weighted by molar-refractivity contribution is -0.142. The van der Waals surface area contributed by atoms with Crippen molar-refractivity contribution in [2.24, 2.45) is 0 Å². The van der Waals surface area contributed by atoms with E-state index in [1.807, 2.05) is 78.9 Å². The summed E-state index contributed by atoms with van der Waals surface area (Å²) in [7, 11) is 0. The fraction of sp³-hybridized carbons (Fsp3) is 0.200. The molecule has 0 saturated heterocycles. The molecule has 5 aromatic rings. The Morgan fingerprint density at radius 2 is 1.61 bits per heavy atom. The van der Waals surface area contributed by atoms with Gasteiger partial charge in [-0.3, -0.25) is 4.79 Å². The van der Waals surface area contributed by atoms with Gasteiger partial charge in [0, 0.05) is 5.56 Å². The quantitative estimate of drug-likeness (QED) is 0.275. The van der Waals surface area contributed by atoms with Gasteiger partial charge in [0.15, 0.2) is 5.76 Å². The normalized spacial score (nSPS) is 11.9. The number of aliphatic hydroxyl groups excluding tert-OH is 1. The second-order valence-electron chi connectivity index (χ2n) is 9.00. The number of aryl methyl sites for hydroxylation is 1. The molecule has 192 valence electrons. The van der Waals surface area contributed by atoms with Crippen LogP contribution >= 0.6 is 0 Å². The van der Waals surface area contributed by atoms with Gasteiger partial charge in [0.1, 0.15) is 11.8 Å². The average molecular weight is 509 g/mol. The minimum Gasteiger partial charge on any atom is -0.466 e. The molecule has 2 heterocycles. The summed E-state index contributed by atoms with van der Waals surface area (Å²) < 4.78 is 12.4. The summed E-state index contributed by atoms with van der Waals surface area (Å²) in [6, 6.07) is 25.6. The molecule has 0 spiro atoms. The number of carbonyl (C=O) groups excluding carboxylic acids is 1. The molecule has 0 aliphatic heterocycles.